The average Bonchev–Trinajstić information content (AvgIpc) is 2.75. The van der Waals surface area contributed by atoms with Crippen LogP contribution >= 0.6 is 0 Å². The zero-order valence-corrected chi connectivity index (χ0v) is 24.0. The molecule has 182 valence electrons. The van der Waals surface area contributed by atoms with Gasteiger partial charge in [0.1, 0.15) is 0 Å². The van der Waals surface area contributed by atoms with Gasteiger partial charge in [0, 0.05) is 0 Å². The summed E-state index contributed by atoms with van der Waals surface area (Å²) in [6.07, 6.45) is 11.5. The second kappa shape index (κ2) is 28.2. The van der Waals surface area contributed by atoms with Crippen LogP contribution in [-0.2, 0) is 12.8 Å². The quantitative estimate of drug-likeness (QED) is 0.390. The van der Waals surface area contributed by atoms with Crippen LogP contribution < -0.4 is 0 Å². The van der Waals surface area contributed by atoms with E-state index in [1.165, 1.54) is 63.4 Å². The van der Waals surface area contributed by atoms with Crippen molar-refractivity contribution in [1.29, 1.82) is 0 Å². The van der Waals surface area contributed by atoms with E-state index in [4.69, 9.17) is 0 Å². The predicted octanol–water partition coefficient (Wildman–Crippen LogP) is 11.4. The zero-order valence-electron chi connectivity index (χ0n) is 24.0. The molecule has 0 heterocycles. The van der Waals surface area contributed by atoms with Gasteiger partial charge >= 0.3 is 0 Å². The number of hydrogen-bond donors (Lipinski definition) is 0. The van der Waals surface area contributed by atoms with Crippen molar-refractivity contribution in [3.63, 3.8) is 0 Å². The third-order valence-corrected chi connectivity index (χ3v) is 4.79. The molecule has 1 aromatic carbocycles. The number of hydrogen-bond acceptors (Lipinski definition) is 0. The van der Waals surface area contributed by atoms with Crippen LogP contribution in [0.3, 0.4) is 0 Å². The van der Waals surface area contributed by atoms with Gasteiger partial charge in [-0.1, -0.05) is 121 Å². The van der Waals surface area contributed by atoms with Crippen molar-refractivity contribution in [3.8, 4) is 0 Å². The molecule has 1 unspecified atom stereocenters. The number of benzene rings is 1. The molecule has 0 fully saturated rings. The predicted molar refractivity (Wildman–Crippen MR) is 146 cm³/mol. The molecule has 0 amide bonds. The Labute approximate surface area is 194 Å². The van der Waals surface area contributed by atoms with Gasteiger partial charge in [-0.3, -0.25) is 0 Å². The molecule has 1 aromatic rings. The van der Waals surface area contributed by atoms with Crippen molar-refractivity contribution in [2.75, 3.05) is 0 Å². The van der Waals surface area contributed by atoms with Crippen LogP contribution in [0.4, 0.5) is 0 Å². The van der Waals surface area contributed by atoms with E-state index >= 15 is 0 Å². The van der Waals surface area contributed by atoms with E-state index in [0.29, 0.717) is 0 Å². The largest absolute Gasteiger partial charge is 0.0683 e. The van der Waals surface area contributed by atoms with Crippen molar-refractivity contribution >= 4 is 0 Å². The topological polar surface area (TPSA) is 0 Å². The lowest BCUT2D eigenvalue weighted by Gasteiger charge is -2.24. The smallest absolute Gasteiger partial charge is 0.0159 e. The molecule has 0 saturated heterocycles. The Kier molecular flexibility index (Phi) is 34.4. The molecule has 0 nitrogen and oxygen atoms in total. The number of rotatable bonds is 8. The molecular formula is C30H62. The average molecular weight is 423 g/mol. The van der Waals surface area contributed by atoms with E-state index in [0.717, 1.165) is 5.92 Å². The van der Waals surface area contributed by atoms with Gasteiger partial charge in [0.05, 0.1) is 0 Å². The molecule has 0 bridgehead atoms. The molecule has 0 N–H and O–H groups in total. The van der Waals surface area contributed by atoms with E-state index in [1.54, 1.807) is 22.3 Å². The molecular weight excluding hydrogens is 360 g/mol. The number of unbranched alkanes of at least 4 members (excludes halogenated alkanes) is 1. The van der Waals surface area contributed by atoms with Gasteiger partial charge in [-0.2, -0.15) is 0 Å². The summed E-state index contributed by atoms with van der Waals surface area (Å²) in [5.41, 5.74) is 7.96. The molecule has 0 saturated carbocycles. The standard InChI is InChI=1S/C20H34.2C3H8.2C2H6/c1-7-11-13-17(12-8-2)20-14-15(5)18(9-3)16(6)19(20)10-4;2*1-3-2;2*1-2/h14,17H,7-13H2,1-6H3;2*3H2,1-2H3;2*1-2H3. The van der Waals surface area contributed by atoms with E-state index in [1.807, 2.05) is 27.7 Å². The van der Waals surface area contributed by atoms with Crippen LogP contribution in [0.5, 0.6) is 0 Å². The van der Waals surface area contributed by atoms with Crippen molar-refractivity contribution in [1.82, 2.24) is 0 Å². The summed E-state index contributed by atoms with van der Waals surface area (Å²) in [5, 5.41) is 0. The van der Waals surface area contributed by atoms with Crippen LogP contribution in [0.2, 0.25) is 0 Å². The Hall–Kier alpha value is -0.780. The van der Waals surface area contributed by atoms with E-state index in [-0.39, 0.29) is 0 Å². The van der Waals surface area contributed by atoms with Gasteiger partial charge in [-0.25, -0.2) is 0 Å². The highest BCUT2D eigenvalue weighted by Crippen LogP contribution is 2.34. The first-order valence-corrected chi connectivity index (χ1v) is 13.5. The second-order valence-corrected chi connectivity index (χ2v) is 7.61. The first-order chi connectivity index (χ1) is 14.4. The number of aryl methyl sites for hydroxylation is 1. The minimum atomic E-state index is 0.776. The minimum absolute atomic E-state index is 0.776. The second-order valence-electron chi connectivity index (χ2n) is 7.61. The van der Waals surface area contributed by atoms with Crippen molar-refractivity contribution in [3.05, 3.63) is 33.9 Å². The lowest BCUT2D eigenvalue weighted by molar-refractivity contribution is 0.537. The van der Waals surface area contributed by atoms with Gasteiger partial charge < -0.3 is 0 Å². The van der Waals surface area contributed by atoms with E-state index < -0.39 is 0 Å². The molecule has 0 aliphatic rings. The monoisotopic (exact) mass is 422 g/mol. The summed E-state index contributed by atoms with van der Waals surface area (Å²) in [5.74, 6) is 0.776. The Bertz CT molecular complexity index is 440. The van der Waals surface area contributed by atoms with Crippen molar-refractivity contribution in [2.45, 2.75) is 161 Å². The fraction of sp³-hybridized carbons (Fsp3) is 0.800. The molecule has 0 heteroatoms. The SMILES string of the molecule is CC.CC.CCC.CCC.CCCCC(CCC)c1cc(C)c(CC)c(C)c1CC. The van der Waals surface area contributed by atoms with Gasteiger partial charge in [0.2, 0.25) is 0 Å². The molecule has 0 radical (unpaired) electrons. The van der Waals surface area contributed by atoms with Crippen LogP contribution in [-0.4, -0.2) is 0 Å². The van der Waals surface area contributed by atoms with Crippen LogP contribution in [0.1, 0.15) is 162 Å². The highest BCUT2D eigenvalue weighted by molar-refractivity contribution is 5.46. The van der Waals surface area contributed by atoms with Gasteiger partial charge in [0.15, 0.2) is 0 Å². The highest BCUT2D eigenvalue weighted by Gasteiger charge is 2.18. The summed E-state index contributed by atoms with van der Waals surface area (Å²) in [6, 6.07) is 2.51. The Morgan fingerprint density at radius 3 is 1.40 bits per heavy atom. The fourth-order valence-corrected chi connectivity index (χ4v) is 3.73. The molecule has 1 atom stereocenters. The molecule has 30 heavy (non-hydrogen) atoms. The highest BCUT2D eigenvalue weighted by atomic mass is 14.2. The van der Waals surface area contributed by atoms with Crippen molar-refractivity contribution in [2.24, 2.45) is 0 Å². The zero-order chi connectivity index (χ0) is 24.5. The lowest BCUT2D eigenvalue weighted by atomic mass is 9.81. The molecule has 1 rings (SSSR count). The lowest BCUT2D eigenvalue weighted by Crippen LogP contribution is -2.08. The normalized spacial score (nSPS) is 10.1. The van der Waals surface area contributed by atoms with Crippen LogP contribution in [0.25, 0.3) is 0 Å². The summed E-state index contributed by atoms with van der Waals surface area (Å²) in [7, 11) is 0. The first kappa shape index (κ1) is 36.6. The fourth-order valence-electron chi connectivity index (χ4n) is 3.73. The Morgan fingerprint density at radius 1 is 0.633 bits per heavy atom. The summed E-state index contributed by atoms with van der Waals surface area (Å²) >= 11 is 0. The minimum Gasteiger partial charge on any atom is -0.0683 e. The van der Waals surface area contributed by atoms with Crippen LogP contribution in [0, 0.1) is 13.8 Å². The Morgan fingerprint density at radius 2 is 1.07 bits per heavy atom. The van der Waals surface area contributed by atoms with Gasteiger partial charge in [-0.05, 0) is 73.3 Å². The molecule has 0 aromatic heterocycles. The maximum Gasteiger partial charge on any atom is -0.0159 e. The third-order valence-electron chi connectivity index (χ3n) is 4.79. The van der Waals surface area contributed by atoms with E-state index in [9.17, 15) is 0 Å². The van der Waals surface area contributed by atoms with Gasteiger partial charge in [-0.15, -0.1) is 0 Å². The Balaban J connectivity index is -0.000000289. The third kappa shape index (κ3) is 16.0. The van der Waals surface area contributed by atoms with Crippen molar-refractivity contribution < 1.29 is 0 Å². The van der Waals surface area contributed by atoms with E-state index in [2.05, 4.69) is 75.3 Å². The first-order valence-electron chi connectivity index (χ1n) is 13.5. The maximum atomic E-state index is 2.51. The molecule has 0 spiro atoms. The van der Waals surface area contributed by atoms with Crippen LogP contribution in [0.15, 0.2) is 6.07 Å². The summed E-state index contributed by atoms with van der Waals surface area (Å²) in [6.45, 7) is 30.4. The molecule has 0 aliphatic carbocycles. The van der Waals surface area contributed by atoms with Gasteiger partial charge in [0.25, 0.3) is 0 Å². The summed E-state index contributed by atoms with van der Waals surface area (Å²) < 4.78 is 0. The molecule has 0 aliphatic heterocycles. The maximum absolute atomic E-state index is 2.51. The summed E-state index contributed by atoms with van der Waals surface area (Å²) in [4.78, 5) is 0.